The number of carbonyl (C=O) groups is 1. The van der Waals surface area contributed by atoms with Crippen LogP contribution >= 0.6 is 0 Å². The van der Waals surface area contributed by atoms with Gasteiger partial charge in [0.25, 0.3) is 0 Å². The van der Waals surface area contributed by atoms with Crippen LogP contribution in [0.3, 0.4) is 0 Å². The molecule has 4 heteroatoms. The number of carbonyl (C=O) groups excluding carboxylic acids is 1. The maximum atomic E-state index is 12.3. The Morgan fingerprint density at radius 2 is 1.88 bits per heavy atom. The third kappa shape index (κ3) is 3.47. The van der Waals surface area contributed by atoms with Crippen LogP contribution in [-0.2, 0) is 11.3 Å². The average molecular weight is 327 g/mol. The summed E-state index contributed by atoms with van der Waals surface area (Å²) in [6.07, 6.45) is 6.45. The van der Waals surface area contributed by atoms with Gasteiger partial charge in [0.1, 0.15) is 5.82 Å². The van der Waals surface area contributed by atoms with Gasteiger partial charge >= 0.3 is 0 Å². The van der Waals surface area contributed by atoms with E-state index >= 15 is 0 Å². The number of unbranched alkanes of at least 4 members (excludes halogenated alkanes) is 3. The molecule has 0 bridgehead atoms. The van der Waals surface area contributed by atoms with Crippen LogP contribution in [0.15, 0.2) is 24.3 Å². The summed E-state index contributed by atoms with van der Waals surface area (Å²) >= 11 is 0. The van der Waals surface area contributed by atoms with E-state index in [-0.39, 0.29) is 5.92 Å². The van der Waals surface area contributed by atoms with Gasteiger partial charge in [-0.2, -0.15) is 0 Å². The first-order valence-electron chi connectivity index (χ1n) is 9.47. The van der Waals surface area contributed by atoms with Gasteiger partial charge in [-0.3, -0.25) is 4.79 Å². The first-order valence-corrected chi connectivity index (χ1v) is 9.47. The summed E-state index contributed by atoms with van der Waals surface area (Å²) in [6.45, 7) is 7.13. The van der Waals surface area contributed by atoms with Gasteiger partial charge in [-0.25, -0.2) is 4.98 Å². The average Bonchev–Trinajstić information content (AvgIpc) is 3.14. The standard InChI is InChI=1S/C20H29N3O/c1-3-5-9-13-23-18-11-8-7-10-17(18)21-20(23)16-14-19(24)22(15-16)12-6-4-2/h7-8,10-11,16H,3-6,9,12-15H2,1-2H3/t16-/m1/s1. The minimum atomic E-state index is 0.239. The van der Waals surface area contributed by atoms with Crippen molar-refractivity contribution in [2.45, 2.75) is 64.8 Å². The molecule has 0 radical (unpaired) electrons. The predicted octanol–water partition coefficient (Wildman–Crippen LogP) is 4.34. The molecule has 1 amide bonds. The highest BCUT2D eigenvalue weighted by molar-refractivity contribution is 5.80. The van der Waals surface area contributed by atoms with E-state index in [0.717, 1.165) is 43.8 Å². The summed E-state index contributed by atoms with van der Waals surface area (Å²) in [5.41, 5.74) is 2.27. The zero-order valence-corrected chi connectivity index (χ0v) is 15.0. The molecule has 1 saturated heterocycles. The molecule has 1 aliphatic heterocycles. The Balaban J connectivity index is 1.85. The molecule has 0 spiro atoms. The maximum Gasteiger partial charge on any atom is 0.223 e. The van der Waals surface area contributed by atoms with Crippen molar-refractivity contribution in [2.75, 3.05) is 13.1 Å². The number of benzene rings is 1. The molecule has 24 heavy (non-hydrogen) atoms. The Kier molecular flexibility index (Phi) is 5.54. The van der Waals surface area contributed by atoms with Crippen molar-refractivity contribution in [1.82, 2.24) is 14.5 Å². The first kappa shape index (κ1) is 17.0. The molecular weight excluding hydrogens is 298 g/mol. The molecule has 1 aromatic heterocycles. The van der Waals surface area contributed by atoms with Crippen molar-refractivity contribution in [3.8, 4) is 0 Å². The predicted molar refractivity (Wildman–Crippen MR) is 98.1 cm³/mol. The number of hydrogen-bond donors (Lipinski definition) is 0. The molecule has 0 saturated carbocycles. The van der Waals surface area contributed by atoms with Gasteiger partial charge in [-0.15, -0.1) is 0 Å². The quantitative estimate of drug-likeness (QED) is 0.676. The molecule has 1 aliphatic rings. The number of rotatable bonds is 8. The van der Waals surface area contributed by atoms with E-state index in [1.807, 2.05) is 11.0 Å². The van der Waals surface area contributed by atoms with E-state index in [2.05, 4.69) is 36.6 Å². The molecule has 0 N–H and O–H groups in total. The number of aryl methyl sites for hydroxylation is 1. The van der Waals surface area contributed by atoms with Gasteiger partial charge in [-0.05, 0) is 25.0 Å². The van der Waals surface area contributed by atoms with E-state index in [4.69, 9.17) is 4.98 Å². The third-order valence-electron chi connectivity index (χ3n) is 5.03. The van der Waals surface area contributed by atoms with Crippen LogP contribution in [0.5, 0.6) is 0 Å². The van der Waals surface area contributed by atoms with E-state index in [0.29, 0.717) is 12.3 Å². The van der Waals surface area contributed by atoms with Crippen LogP contribution in [0.2, 0.25) is 0 Å². The van der Waals surface area contributed by atoms with Crippen molar-refractivity contribution >= 4 is 16.9 Å². The summed E-state index contributed by atoms with van der Waals surface area (Å²) in [4.78, 5) is 19.3. The van der Waals surface area contributed by atoms with Crippen molar-refractivity contribution in [2.24, 2.45) is 0 Å². The van der Waals surface area contributed by atoms with E-state index in [1.54, 1.807) is 0 Å². The smallest absolute Gasteiger partial charge is 0.223 e. The number of para-hydroxylation sites is 2. The first-order chi connectivity index (χ1) is 11.7. The molecule has 0 aliphatic carbocycles. The third-order valence-corrected chi connectivity index (χ3v) is 5.03. The second kappa shape index (κ2) is 7.82. The molecular formula is C20H29N3O. The lowest BCUT2D eigenvalue weighted by Crippen LogP contribution is -2.26. The molecule has 3 rings (SSSR count). The number of fused-ring (bicyclic) bond motifs is 1. The fourth-order valence-electron chi connectivity index (χ4n) is 3.67. The molecule has 0 unspecified atom stereocenters. The molecule has 1 fully saturated rings. The Hall–Kier alpha value is -1.84. The second-order valence-corrected chi connectivity index (χ2v) is 6.91. The highest BCUT2D eigenvalue weighted by atomic mass is 16.2. The molecule has 4 nitrogen and oxygen atoms in total. The highest BCUT2D eigenvalue weighted by Crippen LogP contribution is 2.30. The maximum absolute atomic E-state index is 12.3. The van der Waals surface area contributed by atoms with Gasteiger partial charge in [-0.1, -0.05) is 45.2 Å². The minimum absolute atomic E-state index is 0.239. The largest absolute Gasteiger partial charge is 0.342 e. The number of nitrogens with zero attached hydrogens (tertiary/aromatic N) is 3. The van der Waals surface area contributed by atoms with Crippen LogP contribution in [0.4, 0.5) is 0 Å². The van der Waals surface area contributed by atoms with Gasteiger partial charge in [0.15, 0.2) is 0 Å². The van der Waals surface area contributed by atoms with Crippen LogP contribution in [-0.4, -0.2) is 33.4 Å². The van der Waals surface area contributed by atoms with Gasteiger partial charge in [0.2, 0.25) is 5.91 Å². The zero-order valence-electron chi connectivity index (χ0n) is 15.0. The van der Waals surface area contributed by atoms with E-state index in [9.17, 15) is 4.79 Å². The van der Waals surface area contributed by atoms with Crippen LogP contribution in [0.1, 0.15) is 64.1 Å². The summed E-state index contributed by atoms with van der Waals surface area (Å²) in [7, 11) is 0. The number of imidazole rings is 1. The second-order valence-electron chi connectivity index (χ2n) is 6.91. The number of likely N-dealkylation sites (tertiary alicyclic amines) is 1. The van der Waals surface area contributed by atoms with Gasteiger partial charge in [0, 0.05) is 32.0 Å². The zero-order chi connectivity index (χ0) is 16.9. The van der Waals surface area contributed by atoms with E-state index in [1.165, 1.54) is 24.8 Å². The number of aromatic nitrogens is 2. The van der Waals surface area contributed by atoms with Gasteiger partial charge < -0.3 is 9.47 Å². The van der Waals surface area contributed by atoms with Crippen molar-refractivity contribution in [3.05, 3.63) is 30.1 Å². The fraction of sp³-hybridized carbons (Fsp3) is 0.600. The SMILES string of the molecule is CCCCCn1c([C@@H]2CC(=O)N(CCCC)C2)nc2ccccc21. The van der Waals surface area contributed by atoms with Crippen LogP contribution < -0.4 is 0 Å². The molecule has 1 aromatic carbocycles. The summed E-state index contributed by atoms with van der Waals surface area (Å²) in [6, 6.07) is 8.37. The molecule has 2 aromatic rings. The molecule has 2 heterocycles. The number of amides is 1. The number of hydrogen-bond acceptors (Lipinski definition) is 2. The Morgan fingerprint density at radius 1 is 1.08 bits per heavy atom. The Morgan fingerprint density at radius 3 is 2.67 bits per heavy atom. The topological polar surface area (TPSA) is 38.1 Å². The Bertz CT molecular complexity index is 691. The molecule has 130 valence electrons. The normalized spacial score (nSPS) is 18.0. The van der Waals surface area contributed by atoms with Crippen molar-refractivity contribution in [1.29, 1.82) is 0 Å². The van der Waals surface area contributed by atoms with Crippen molar-refractivity contribution < 1.29 is 4.79 Å². The summed E-state index contributed by atoms with van der Waals surface area (Å²) in [5.74, 6) is 1.64. The van der Waals surface area contributed by atoms with Crippen LogP contribution in [0.25, 0.3) is 11.0 Å². The minimum Gasteiger partial charge on any atom is -0.342 e. The lowest BCUT2D eigenvalue weighted by atomic mass is 10.1. The lowest BCUT2D eigenvalue weighted by molar-refractivity contribution is -0.127. The van der Waals surface area contributed by atoms with E-state index < -0.39 is 0 Å². The van der Waals surface area contributed by atoms with Gasteiger partial charge in [0.05, 0.1) is 11.0 Å². The summed E-state index contributed by atoms with van der Waals surface area (Å²) < 4.78 is 2.37. The Labute approximate surface area is 144 Å². The monoisotopic (exact) mass is 327 g/mol. The fourth-order valence-corrected chi connectivity index (χ4v) is 3.67. The van der Waals surface area contributed by atoms with Crippen LogP contribution in [0, 0.1) is 0 Å². The summed E-state index contributed by atoms with van der Waals surface area (Å²) in [5, 5.41) is 0. The lowest BCUT2D eigenvalue weighted by Gasteiger charge is -2.17. The highest BCUT2D eigenvalue weighted by Gasteiger charge is 2.33. The molecule has 1 atom stereocenters. The van der Waals surface area contributed by atoms with Crippen molar-refractivity contribution in [3.63, 3.8) is 0 Å².